The summed E-state index contributed by atoms with van der Waals surface area (Å²) in [6.45, 7) is 1.59. The molecule has 1 unspecified atom stereocenters. The Morgan fingerprint density at radius 3 is 2.73 bits per heavy atom. The molecule has 6 heteroatoms. The van der Waals surface area contributed by atoms with Crippen molar-refractivity contribution in [1.29, 1.82) is 0 Å². The molecule has 22 heavy (non-hydrogen) atoms. The topological polar surface area (TPSA) is 72.2 Å². The molecule has 2 amide bonds. The molecule has 0 saturated heterocycles. The monoisotopic (exact) mass is 336 g/mol. The van der Waals surface area contributed by atoms with Gasteiger partial charge in [0.1, 0.15) is 5.54 Å². The number of rotatable bonds is 6. The van der Waals surface area contributed by atoms with Gasteiger partial charge in [0.25, 0.3) is 0 Å². The van der Waals surface area contributed by atoms with Crippen LogP contribution < -0.4 is 11.1 Å². The highest BCUT2D eigenvalue weighted by Gasteiger charge is 2.34. The van der Waals surface area contributed by atoms with Gasteiger partial charge in [-0.05, 0) is 53.4 Å². The summed E-state index contributed by atoms with van der Waals surface area (Å²) in [6, 6.07) is 8.74. The lowest BCUT2D eigenvalue weighted by Crippen LogP contribution is -2.52. The van der Waals surface area contributed by atoms with Crippen LogP contribution in [0.5, 0.6) is 0 Å². The molecule has 4 nitrogen and oxygen atoms in total. The lowest BCUT2D eigenvalue weighted by atomic mass is 9.91. The van der Waals surface area contributed by atoms with Crippen molar-refractivity contribution in [1.82, 2.24) is 5.32 Å². The number of hydrogen-bond acceptors (Lipinski definition) is 3. The summed E-state index contributed by atoms with van der Waals surface area (Å²) in [7, 11) is 0. The zero-order valence-corrected chi connectivity index (χ0v) is 13.7. The van der Waals surface area contributed by atoms with Gasteiger partial charge in [-0.25, -0.2) is 0 Å². The number of nitrogens with one attached hydrogen (secondary N) is 1. The number of aryl methyl sites for hydroxylation is 1. The number of carbonyl (C=O) groups excluding carboxylic acids is 2. The third-order valence-corrected chi connectivity index (χ3v) is 4.47. The van der Waals surface area contributed by atoms with Crippen molar-refractivity contribution in [2.75, 3.05) is 0 Å². The van der Waals surface area contributed by atoms with Crippen LogP contribution in [0, 0.1) is 0 Å². The molecule has 116 valence electrons. The molecule has 0 aliphatic carbocycles. The van der Waals surface area contributed by atoms with E-state index in [4.69, 9.17) is 17.3 Å². The van der Waals surface area contributed by atoms with E-state index in [9.17, 15) is 9.59 Å². The first-order valence-corrected chi connectivity index (χ1v) is 8.12. The number of carbonyl (C=O) groups is 2. The zero-order valence-electron chi connectivity index (χ0n) is 12.1. The average molecular weight is 337 g/mol. The van der Waals surface area contributed by atoms with Crippen LogP contribution in [0.15, 0.2) is 41.1 Å². The van der Waals surface area contributed by atoms with Gasteiger partial charge in [0, 0.05) is 11.4 Å². The molecule has 0 bridgehead atoms. The van der Waals surface area contributed by atoms with Gasteiger partial charge in [0.05, 0.1) is 0 Å². The summed E-state index contributed by atoms with van der Waals surface area (Å²) in [6.07, 6.45) is 0.917. The Balaban J connectivity index is 2.11. The van der Waals surface area contributed by atoms with Crippen LogP contribution in [0.1, 0.15) is 24.5 Å². The van der Waals surface area contributed by atoms with E-state index < -0.39 is 11.4 Å². The summed E-state index contributed by atoms with van der Waals surface area (Å²) >= 11 is 7.54. The SMILES string of the molecule is CC(NC(=O)CCc1ccsc1)(C(N)=O)c1cccc(Cl)c1. The van der Waals surface area contributed by atoms with Crippen molar-refractivity contribution in [2.45, 2.75) is 25.3 Å². The molecule has 2 aromatic rings. The van der Waals surface area contributed by atoms with Crippen LogP contribution >= 0.6 is 22.9 Å². The van der Waals surface area contributed by atoms with Crippen LogP contribution in [-0.4, -0.2) is 11.8 Å². The quantitative estimate of drug-likeness (QED) is 0.851. The van der Waals surface area contributed by atoms with Crippen LogP contribution in [0.3, 0.4) is 0 Å². The van der Waals surface area contributed by atoms with Crippen molar-refractivity contribution in [2.24, 2.45) is 5.73 Å². The zero-order chi connectivity index (χ0) is 16.2. The number of thiophene rings is 1. The fourth-order valence-corrected chi connectivity index (χ4v) is 3.00. The second kappa shape index (κ2) is 6.94. The molecule has 1 atom stereocenters. The molecule has 1 heterocycles. The smallest absolute Gasteiger partial charge is 0.247 e. The molecule has 0 aliphatic heterocycles. The van der Waals surface area contributed by atoms with E-state index >= 15 is 0 Å². The largest absolute Gasteiger partial charge is 0.367 e. The second-order valence-corrected chi connectivity index (χ2v) is 6.40. The number of hydrogen-bond donors (Lipinski definition) is 2. The predicted octanol–water partition coefficient (Wildman–Crippen LogP) is 2.85. The predicted molar refractivity (Wildman–Crippen MR) is 88.8 cm³/mol. The number of nitrogens with two attached hydrogens (primary N) is 1. The third-order valence-electron chi connectivity index (χ3n) is 3.51. The van der Waals surface area contributed by atoms with Crippen LogP contribution in [0.4, 0.5) is 0 Å². The summed E-state index contributed by atoms with van der Waals surface area (Å²) in [4.78, 5) is 24.0. The van der Waals surface area contributed by atoms with Crippen LogP contribution in [0.25, 0.3) is 0 Å². The van der Waals surface area contributed by atoms with Crippen molar-refractivity contribution in [3.05, 3.63) is 57.2 Å². The maximum absolute atomic E-state index is 12.2. The summed E-state index contributed by atoms with van der Waals surface area (Å²) in [5.74, 6) is -0.855. The summed E-state index contributed by atoms with van der Waals surface area (Å²) in [5.41, 5.74) is 5.88. The van der Waals surface area contributed by atoms with Gasteiger partial charge >= 0.3 is 0 Å². The Morgan fingerprint density at radius 1 is 1.36 bits per heavy atom. The average Bonchev–Trinajstić information content (AvgIpc) is 2.98. The Labute approximate surface area is 138 Å². The van der Waals surface area contributed by atoms with Crippen LogP contribution in [0.2, 0.25) is 5.02 Å². The van der Waals surface area contributed by atoms with E-state index in [1.807, 2.05) is 16.8 Å². The van der Waals surface area contributed by atoms with Gasteiger partial charge in [-0.3, -0.25) is 9.59 Å². The maximum atomic E-state index is 12.2. The number of amides is 2. The highest BCUT2D eigenvalue weighted by atomic mass is 35.5. The normalized spacial score (nSPS) is 13.4. The molecule has 0 aliphatic rings. The fraction of sp³-hybridized carbons (Fsp3) is 0.250. The Kier molecular flexibility index (Phi) is 5.21. The number of benzene rings is 1. The Bertz CT molecular complexity index is 673. The maximum Gasteiger partial charge on any atom is 0.247 e. The highest BCUT2D eigenvalue weighted by Crippen LogP contribution is 2.24. The molecule has 1 aromatic heterocycles. The van der Waals surface area contributed by atoms with Crippen LogP contribution in [-0.2, 0) is 21.5 Å². The Hall–Kier alpha value is -1.85. The van der Waals surface area contributed by atoms with Crippen molar-refractivity contribution < 1.29 is 9.59 Å². The molecule has 0 saturated carbocycles. The highest BCUT2D eigenvalue weighted by molar-refractivity contribution is 7.07. The lowest BCUT2D eigenvalue weighted by Gasteiger charge is -2.28. The summed E-state index contributed by atoms with van der Waals surface area (Å²) in [5, 5.41) is 7.18. The van der Waals surface area contributed by atoms with Gasteiger partial charge < -0.3 is 11.1 Å². The van der Waals surface area contributed by atoms with E-state index in [1.54, 1.807) is 42.5 Å². The first-order chi connectivity index (χ1) is 10.4. The molecule has 0 spiro atoms. The molecule has 1 aromatic carbocycles. The van der Waals surface area contributed by atoms with E-state index in [0.29, 0.717) is 23.4 Å². The van der Waals surface area contributed by atoms with E-state index in [-0.39, 0.29) is 5.91 Å². The van der Waals surface area contributed by atoms with Gasteiger partial charge in [0.15, 0.2) is 0 Å². The van der Waals surface area contributed by atoms with Crippen molar-refractivity contribution >= 4 is 34.8 Å². The number of halogens is 1. The third kappa shape index (κ3) is 3.87. The first-order valence-electron chi connectivity index (χ1n) is 6.80. The van der Waals surface area contributed by atoms with E-state index in [1.165, 1.54) is 0 Å². The minimum Gasteiger partial charge on any atom is -0.367 e. The second-order valence-electron chi connectivity index (χ2n) is 5.18. The molecular formula is C16H17ClN2O2S. The van der Waals surface area contributed by atoms with Gasteiger partial charge in [-0.15, -0.1) is 0 Å². The first kappa shape index (κ1) is 16.5. The standard InChI is InChI=1S/C16H17ClN2O2S/c1-16(15(18)21,12-3-2-4-13(17)9-12)19-14(20)6-5-11-7-8-22-10-11/h2-4,7-10H,5-6H2,1H3,(H2,18,21)(H,19,20). The molecule has 0 fully saturated rings. The minimum atomic E-state index is -1.28. The van der Waals surface area contributed by atoms with E-state index in [2.05, 4.69) is 5.32 Å². The minimum absolute atomic E-state index is 0.229. The molecule has 2 rings (SSSR count). The number of primary amides is 1. The Morgan fingerprint density at radius 2 is 2.14 bits per heavy atom. The van der Waals surface area contributed by atoms with Crippen molar-refractivity contribution in [3.8, 4) is 0 Å². The van der Waals surface area contributed by atoms with Gasteiger partial charge in [0.2, 0.25) is 11.8 Å². The van der Waals surface area contributed by atoms with Crippen molar-refractivity contribution in [3.63, 3.8) is 0 Å². The summed E-state index contributed by atoms with van der Waals surface area (Å²) < 4.78 is 0. The molecule has 3 N–H and O–H groups in total. The lowest BCUT2D eigenvalue weighted by molar-refractivity contribution is -0.131. The van der Waals surface area contributed by atoms with E-state index in [0.717, 1.165) is 5.56 Å². The molecule has 0 radical (unpaired) electrons. The van der Waals surface area contributed by atoms with Gasteiger partial charge in [-0.2, -0.15) is 11.3 Å². The fourth-order valence-electron chi connectivity index (χ4n) is 2.11. The molecular weight excluding hydrogens is 320 g/mol. The van der Waals surface area contributed by atoms with Gasteiger partial charge in [-0.1, -0.05) is 23.7 Å².